The Hall–Kier alpha value is -3.39. The fourth-order valence-electron chi connectivity index (χ4n) is 9.93. The number of pyridine rings is 1. The molecule has 1 aliphatic heterocycles. The lowest BCUT2D eigenvalue weighted by Gasteiger charge is -2.44. The number of amidine groups is 1. The molecule has 2 spiro atoms. The average molecular weight is 643 g/mol. The zero-order chi connectivity index (χ0) is 32.7. The second kappa shape index (κ2) is 10.6. The number of ether oxygens (including phenoxy) is 1. The predicted octanol–water partition coefficient (Wildman–Crippen LogP) is 5.12. The zero-order valence-electron chi connectivity index (χ0n) is 27.0. The van der Waals surface area contributed by atoms with E-state index in [4.69, 9.17) is 20.5 Å². The Morgan fingerprint density at radius 1 is 1.11 bits per heavy atom. The van der Waals surface area contributed by atoms with Crippen LogP contribution in [0.1, 0.15) is 82.4 Å². The van der Waals surface area contributed by atoms with Crippen LogP contribution in [0.15, 0.2) is 46.6 Å². The Labute approximate surface area is 271 Å². The van der Waals surface area contributed by atoms with Crippen molar-refractivity contribution in [1.82, 2.24) is 4.98 Å². The van der Waals surface area contributed by atoms with Crippen molar-refractivity contribution in [3.8, 4) is 23.0 Å². The van der Waals surface area contributed by atoms with Gasteiger partial charge in [-0.15, -0.1) is 5.92 Å². The first-order valence-corrected chi connectivity index (χ1v) is 17.8. The highest BCUT2D eigenvalue weighted by Crippen LogP contribution is 2.68. The van der Waals surface area contributed by atoms with E-state index in [1.807, 2.05) is 33.0 Å². The standard InChI is InChI=1S/C36H42N4O5S/c1-5-6-22-13-26(20-38-19-22)23-7-8-24-17-34(11-9-27(45-4)10-12-34)36(29(24)14-23)39-30(32(37)40-36)15-25-18-35(21-46(42,43)44)31(41)16-28(25)33(35,2)3/h7-8,13-14,19-20,25,27-28H,9-12,15-18,21H2,1-4H3,(H2,37,40)(H,42,43,44)/t25?,27?,28-,34?,35+,36-/m0/s1. The van der Waals surface area contributed by atoms with Crippen LogP contribution in [-0.2, 0) is 31.7 Å². The van der Waals surface area contributed by atoms with Crippen LogP contribution in [0, 0.1) is 39.9 Å². The van der Waals surface area contributed by atoms with E-state index in [9.17, 15) is 17.8 Å². The Kier molecular flexibility index (Phi) is 7.17. The second-order valence-corrected chi connectivity index (χ2v) is 16.2. The minimum Gasteiger partial charge on any atom is -0.382 e. The topological polar surface area (TPSA) is 144 Å². The molecule has 3 N–H and O–H groups in total. The number of hydrogen-bond acceptors (Lipinski definition) is 8. The quantitative estimate of drug-likeness (QED) is 0.329. The van der Waals surface area contributed by atoms with Crippen LogP contribution in [0.3, 0.4) is 0 Å². The number of nitrogens with zero attached hydrogens (tertiary/aromatic N) is 3. The predicted molar refractivity (Wildman–Crippen MR) is 177 cm³/mol. The highest BCUT2D eigenvalue weighted by atomic mass is 32.2. The van der Waals surface area contributed by atoms with E-state index < -0.39 is 32.4 Å². The van der Waals surface area contributed by atoms with E-state index in [1.54, 1.807) is 13.3 Å². The van der Waals surface area contributed by atoms with E-state index in [-0.39, 0.29) is 29.1 Å². The van der Waals surface area contributed by atoms with E-state index in [2.05, 4.69) is 35.0 Å². The number of methoxy groups -OCH3 is 1. The highest BCUT2D eigenvalue weighted by Gasteiger charge is 2.69. The summed E-state index contributed by atoms with van der Waals surface area (Å²) in [5.41, 5.74) is 9.86. The van der Waals surface area contributed by atoms with Gasteiger partial charge in [-0.3, -0.25) is 19.3 Å². The van der Waals surface area contributed by atoms with Crippen LogP contribution < -0.4 is 5.73 Å². The summed E-state index contributed by atoms with van der Waals surface area (Å²) in [5, 5.41) is 0. The minimum atomic E-state index is -4.35. The van der Waals surface area contributed by atoms with Crippen molar-refractivity contribution >= 4 is 27.4 Å². The van der Waals surface area contributed by atoms with Gasteiger partial charge in [0.2, 0.25) is 0 Å². The molecule has 5 aliphatic rings. The number of rotatable bonds is 6. The minimum absolute atomic E-state index is 0.00188. The van der Waals surface area contributed by atoms with E-state index in [0.29, 0.717) is 25.1 Å². The van der Waals surface area contributed by atoms with Gasteiger partial charge < -0.3 is 10.5 Å². The molecule has 9 nitrogen and oxygen atoms in total. The fraction of sp³-hybridized carbons (Fsp3) is 0.556. The summed E-state index contributed by atoms with van der Waals surface area (Å²) in [6.07, 6.45) is 9.49. The molecule has 0 radical (unpaired) electrons. The number of ketones is 1. The molecule has 2 heterocycles. The van der Waals surface area contributed by atoms with Crippen LogP contribution in [-0.4, -0.2) is 54.3 Å². The third kappa shape index (κ3) is 4.53. The number of carbonyl (C=O) groups excluding carboxylic acids is 1. The molecule has 4 aliphatic carbocycles. The third-order valence-electron chi connectivity index (χ3n) is 12.4. The molecule has 2 bridgehead atoms. The Bertz CT molecular complexity index is 1860. The smallest absolute Gasteiger partial charge is 0.265 e. The maximum atomic E-state index is 13.2. The Morgan fingerprint density at radius 3 is 2.57 bits per heavy atom. The monoisotopic (exact) mass is 642 g/mol. The molecule has 7 rings (SSSR count). The van der Waals surface area contributed by atoms with Crippen molar-refractivity contribution in [3.05, 3.63) is 53.3 Å². The molecule has 3 saturated carbocycles. The van der Waals surface area contributed by atoms with Crippen LogP contribution >= 0.6 is 0 Å². The van der Waals surface area contributed by atoms with Crippen molar-refractivity contribution < 1.29 is 22.5 Å². The van der Waals surface area contributed by atoms with Gasteiger partial charge in [-0.25, -0.2) is 4.99 Å². The maximum Gasteiger partial charge on any atom is 0.265 e. The summed E-state index contributed by atoms with van der Waals surface area (Å²) >= 11 is 0. The van der Waals surface area contributed by atoms with Crippen LogP contribution in [0.5, 0.6) is 0 Å². The van der Waals surface area contributed by atoms with Crippen molar-refractivity contribution in [2.24, 2.45) is 43.8 Å². The molecular formula is C36H42N4O5S. The summed E-state index contributed by atoms with van der Waals surface area (Å²) in [6.45, 7) is 5.75. The van der Waals surface area contributed by atoms with Crippen molar-refractivity contribution in [2.75, 3.05) is 12.9 Å². The number of nitrogens with two attached hydrogens (primary N) is 1. The van der Waals surface area contributed by atoms with E-state index >= 15 is 0 Å². The zero-order valence-corrected chi connectivity index (χ0v) is 27.8. The molecular weight excluding hydrogens is 600 g/mol. The molecule has 2 aromatic rings. The van der Waals surface area contributed by atoms with Crippen LogP contribution in [0.25, 0.3) is 11.1 Å². The van der Waals surface area contributed by atoms with Gasteiger partial charge in [0.1, 0.15) is 11.6 Å². The van der Waals surface area contributed by atoms with Gasteiger partial charge in [0, 0.05) is 48.0 Å². The molecule has 46 heavy (non-hydrogen) atoms. The number of aliphatic imine (C=N–C) groups is 2. The van der Waals surface area contributed by atoms with Crippen molar-refractivity contribution in [2.45, 2.75) is 83.9 Å². The molecule has 242 valence electrons. The number of fused-ring (bicyclic) bond motifs is 5. The normalized spacial score (nSPS) is 30.8. The molecule has 0 amide bonds. The summed E-state index contributed by atoms with van der Waals surface area (Å²) in [6, 6.07) is 8.59. The van der Waals surface area contributed by atoms with Crippen LogP contribution in [0.4, 0.5) is 0 Å². The van der Waals surface area contributed by atoms with Gasteiger partial charge in [0.15, 0.2) is 5.66 Å². The number of aromatic nitrogens is 1. The summed E-state index contributed by atoms with van der Waals surface area (Å²) in [4.78, 5) is 28.5. The first kappa shape index (κ1) is 31.2. The van der Waals surface area contributed by atoms with Gasteiger partial charge >= 0.3 is 0 Å². The van der Waals surface area contributed by atoms with Crippen molar-refractivity contribution in [3.63, 3.8) is 0 Å². The SMILES string of the molecule is CC#Cc1cncc(-c2ccc3c(c2)[C@]2(N=C(N)C(CC4C[C@@]5(CS(=O)(=O)O)C(=O)C[C@@H]4C5(C)C)=N2)C2(CCC(OC)CC2)C3)c1. The summed E-state index contributed by atoms with van der Waals surface area (Å²) in [7, 11) is -2.57. The summed E-state index contributed by atoms with van der Waals surface area (Å²) in [5.74, 6) is 5.82. The first-order valence-electron chi connectivity index (χ1n) is 16.2. The lowest BCUT2D eigenvalue weighted by Crippen LogP contribution is -2.43. The Balaban J connectivity index is 1.29. The molecule has 4 atom stereocenters. The molecule has 1 aromatic carbocycles. The molecule has 0 saturated heterocycles. The maximum absolute atomic E-state index is 13.2. The number of carbonyl (C=O) groups is 1. The van der Waals surface area contributed by atoms with Gasteiger partial charge in [-0.05, 0) is 92.4 Å². The first-order chi connectivity index (χ1) is 21.8. The third-order valence-corrected chi connectivity index (χ3v) is 13.2. The Morgan fingerprint density at radius 2 is 1.87 bits per heavy atom. The van der Waals surface area contributed by atoms with Gasteiger partial charge in [0.25, 0.3) is 10.1 Å². The molecule has 10 heteroatoms. The van der Waals surface area contributed by atoms with E-state index in [1.165, 1.54) is 5.56 Å². The molecule has 3 fully saturated rings. The molecule has 1 unspecified atom stereocenters. The largest absolute Gasteiger partial charge is 0.382 e. The van der Waals surface area contributed by atoms with Crippen molar-refractivity contribution in [1.29, 1.82) is 0 Å². The average Bonchev–Trinajstić information content (AvgIpc) is 3.59. The number of hydrogen-bond donors (Lipinski definition) is 2. The van der Waals surface area contributed by atoms with Crippen LogP contribution in [0.2, 0.25) is 0 Å². The van der Waals surface area contributed by atoms with Gasteiger partial charge in [-0.1, -0.05) is 31.9 Å². The molecule has 1 aromatic heterocycles. The van der Waals surface area contributed by atoms with Gasteiger partial charge in [-0.2, -0.15) is 8.42 Å². The summed E-state index contributed by atoms with van der Waals surface area (Å²) < 4.78 is 39.8. The lowest BCUT2D eigenvalue weighted by atomic mass is 9.65. The number of Topliss-reactive ketones (excluding diaryl/α,β-unsaturated/α-hetero) is 1. The second-order valence-electron chi connectivity index (χ2n) is 14.8. The number of benzene rings is 1. The van der Waals surface area contributed by atoms with Gasteiger partial charge in [0.05, 0.1) is 23.0 Å². The highest BCUT2D eigenvalue weighted by molar-refractivity contribution is 7.85. The lowest BCUT2D eigenvalue weighted by molar-refractivity contribution is -0.128. The fourth-order valence-corrected chi connectivity index (χ4v) is 11.2. The van der Waals surface area contributed by atoms with E-state index in [0.717, 1.165) is 60.1 Å².